The predicted octanol–water partition coefficient (Wildman–Crippen LogP) is 1.93. The van der Waals surface area contributed by atoms with Crippen LogP contribution in [0.5, 0.6) is 23.0 Å². The number of sulfone groups is 2. The lowest BCUT2D eigenvalue weighted by Crippen LogP contribution is -2.18. The van der Waals surface area contributed by atoms with Crippen LogP contribution in [0.4, 0.5) is 0 Å². The van der Waals surface area contributed by atoms with E-state index in [1.165, 1.54) is 64.8 Å². The molecule has 0 N–H and O–H groups in total. The van der Waals surface area contributed by atoms with E-state index in [1.54, 1.807) is 0 Å². The molecule has 0 bridgehead atoms. The smallest absolute Gasteiger partial charge is 0.196 e. The van der Waals surface area contributed by atoms with Crippen molar-refractivity contribution >= 4 is 19.7 Å². The van der Waals surface area contributed by atoms with Gasteiger partial charge < -0.3 is 18.9 Å². The molecule has 2 aromatic carbocycles. The fourth-order valence-electron chi connectivity index (χ4n) is 2.54. The highest BCUT2D eigenvalue weighted by Gasteiger charge is 2.32. The van der Waals surface area contributed by atoms with Gasteiger partial charge in [0.1, 0.15) is 9.79 Å². The average molecular weight is 416 g/mol. The van der Waals surface area contributed by atoms with Gasteiger partial charge in [-0.15, -0.1) is 0 Å². The zero-order chi connectivity index (χ0) is 20.2. The summed E-state index contributed by atoms with van der Waals surface area (Å²) in [5, 5.41) is -1.17. The third-order valence-corrected chi connectivity index (χ3v) is 8.18. The van der Waals surface area contributed by atoms with E-state index >= 15 is 0 Å². The molecule has 27 heavy (non-hydrogen) atoms. The van der Waals surface area contributed by atoms with Crippen LogP contribution in [0, 0.1) is 0 Å². The first-order valence-corrected chi connectivity index (χ1v) is 10.9. The van der Waals surface area contributed by atoms with Gasteiger partial charge in [0.15, 0.2) is 47.8 Å². The minimum Gasteiger partial charge on any atom is -0.493 e. The van der Waals surface area contributed by atoms with Crippen molar-refractivity contribution in [2.75, 3.05) is 33.5 Å². The summed E-state index contributed by atoms with van der Waals surface area (Å²) in [4.78, 5) is -0.565. The van der Waals surface area contributed by atoms with Crippen molar-refractivity contribution in [3.05, 3.63) is 36.4 Å². The van der Waals surface area contributed by atoms with Crippen LogP contribution in [0.2, 0.25) is 0 Å². The number of para-hydroxylation sites is 2. The van der Waals surface area contributed by atoms with E-state index in [0.29, 0.717) is 0 Å². The quantitative estimate of drug-likeness (QED) is 0.643. The first-order valence-electron chi connectivity index (χ1n) is 7.59. The zero-order valence-corrected chi connectivity index (χ0v) is 16.9. The van der Waals surface area contributed by atoms with Crippen LogP contribution in [0.3, 0.4) is 0 Å². The summed E-state index contributed by atoms with van der Waals surface area (Å²) >= 11 is 0. The molecule has 2 rings (SSSR count). The minimum absolute atomic E-state index is 0.0622. The monoisotopic (exact) mass is 416 g/mol. The lowest BCUT2D eigenvalue weighted by atomic mass is 10.3. The van der Waals surface area contributed by atoms with Gasteiger partial charge in [0, 0.05) is 0 Å². The number of hydrogen-bond donors (Lipinski definition) is 0. The lowest BCUT2D eigenvalue weighted by Gasteiger charge is -2.15. The Hall–Kier alpha value is -2.46. The molecule has 0 aliphatic carbocycles. The molecule has 0 saturated carbocycles. The third-order valence-electron chi connectivity index (χ3n) is 3.71. The molecule has 0 heterocycles. The van der Waals surface area contributed by atoms with Crippen molar-refractivity contribution in [2.24, 2.45) is 0 Å². The lowest BCUT2D eigenvalue weighted by molar-refractivity contribution is 0.346. The van der Waals surface area contributed by atoms with E-state index in [-0.39, 0.29) is 32.8 Å². The highest BCUT2D eigenvalue weighted by atomic mass is 32.3. The maximum atomic E-state index is 12.8. The van der Waals surface area contributed by atoms with Crippen molar-refractivity contribution in [2.45, 2.75) is 9.79 Å². The van der Waals surface area contributed by atoms with Gasteiger partial charge in [0.25, 0.3) is 0 Å². The van der Waals surface area contributed by atoms with Gasteiger partial charge in [0.2, 0.25) is 0 Å². The Morgan fingerprint density at radius 2 is 1.00 bits per heavy atom. The summed E-state index contributed by atoms with van der Waals surface area (Å²) in [5.74, 6) is 0.227. The SMILES string of the molecule is COc1cccc(S(=O)(=O)CS(=O)(=O)c2cccc(OC)c2OC)c1OC. The van der Waals surface area contributed by atoms with Crippen LogP contribution in [-0.4, -0.2) is 50.4 Å². The maximum absolute atomic E-state index is 12.8. The molecule has 0 aliphatic rings. The van der Waals surface area contributed by atoms with Crippen molar-refractivity contribution in [3.63, 3.8) is 0 Å². The largest absolute Gasteiger partial charge is 0.493 e. The Balaban J connectivity index is 2.56. The highest BCUT2D eigenvalue weighted by Crippen LogP contribution is 2.38. The highest BCUT2D eigenvalue weighted by molar-refractivity contribution is 8.08. The molecule has 0 aliphatic heterocycles. The Bertz CT molecular complexity index is 943. The van der Waals surface area contributed by atoms with E-state index in [1.807, 2.05) is 0 Å². The Kier molecular flexibility index (Phi) is 6.22. The molecule has 0 saturated heterocycles. The number of methoxy groups -OCH3 is 4. The predicted molar refractivity (Wildman–Crippen MR) is 98.3 cm³/mol. The number of benzene rings is 2. The topological polar surface area (TPSA) is 105 Å². The summed E-state index contributed by atoms with van der Waals surface area (Å²) in [6.07, 6.45) is 0. The second-order valence-corrected chi connectivity index (χ2v) is 9.61. The van der Waals surface area contributed by atoms with E-state index < -0.39 is 24.8 Å². The van der Waals surface area contributed by atoms with E-state index in [4.69, 9.17) is 18.9 Å². The molecule has 8 nitrogen and oxygen atoms in total. The summed E-state index contributed by atoms with van der Waals surface area (Å²) < 4.78 is 71.7. The van der Waals surface area contributed by atoms with Crippen molar-refractivity contribution in [3.8, 4) is 23.0 Å². The second kappa shape index (κ2) is 8.05. The van der Waals surface area contributed by atoms with Crippen LogP contribution in [0.1, 0.15) is 0 Å². The van der Waals surface area contributed by atoms with Gasteiger partial charge in [-0.3, -0.25) is 0 Å². The summed E-state index contributed by atoms with van der Waals surface area (Å²) in [6.45, 7) is 0. The minimum atomic E-state index is -4.28. The average Bonchev–Trinajstić information content (AvgIpc) is 2.65. The first-order chi connectivity index (χ1) is 12.7. The summed E-state index contributed by atoms with van der Waals surface area (Å²) in [7, 11) is -3.30. The van der Waals surface area contributed by atoms with E-state index in [2.05, 4.69) is 0 Å². The van der Waals surface area contributed by atoms with Gasteiger partial charge >= 0.3 is 0 Å². The molecule has 0 amide bonds. The van der Waals surface area contributed by atoms with Crippen LogP contribution in [0.25, 0.3) is 0 Å². The number of ether oxygens (including phenoxy) is 4. The van der Waals surface area contributed by atoms with Crippen LogP contribution in [-0.2, 0) is 19.7 Å². The second-order valence-electron chi connectivity index (χ2n) is 5.33. The van der Waals surface area contributed by atoms with Gasteiger partial charge in [-0.1, -0.05) is 12.1 Å². The summed E-state index contributed by atoms with van der Waals surface area (Å²) in [6, 6.07) is 8.42. The molecule has 0 atom stereocenters. The number of rotatable bonds is 8. The molecule has 0 spiro atoms. The molecule has 2 aromatic rings. The molecule has 0 unspecified atom stereocenters. The molecule has 0 aromatic heterocycles. The molecule has 148 valence electrons. The Labute approximate surface area is 158 Å². The van der Waals surface area contributed by atoms with Crippen molar-refractivity contribution < 1.29 is 35.8 Å². The Morgan fingerprint density at radius 1 is 0.630 bits per heavy atom. The fraction of sp³-hybridized carbons (Fsp3) is 0.294. The normalized spacial score (nSPS) is 11.7. The van der Waals surface area contributed by atoms with E-state index in [0.717, 1.165) is 0 Å². The molecule has 0 fully saturated rings. The van der Waals surface area contributed by atoms with Gasteiger partial charge in [0.05, 0.1) is 28.4 Å². The van der Waals surface area contributed by atoms with Gasteiger partial charge in [-0.2, -0.15) is 0 Å². The molecule has 0 radical (unpaired) electrons. The molecular formula is C17H20O8S2. The first kappa shape index (κ1) is 20.8. The molecular weight excluding hydrogens is 396 g/mol. The van der Waals surface area contributed by atoms with Gasteiger partial charge in [-0.05, 0) is 24.3 Å². The fourth-order valence-corrected chi connectivity index (χ4v) is 6.69. The van der Waals surface area contributed by atoms with E-state index in [9.17, 15) is 16.8 Å². The van der Waals surface area contributed by atoms with Crippen LogP contribution < -0.4 is 18.9 Å². The zero-order valence-electron chi connectivity index (χ0n) is 15.3. The van der Waals surface area contributed by atoms with Crippen molar-refractivity contribution in [1.29, 1.82) is 0 Å². The molecule has 10 heteroatoms. The third kappa shape index (κ3) is 4.11. The number of hydrogen-bond acceptors (Lipinski definition) is 8. The standard InChI is InChI=1S/C17H20O8S2/c1-22-12-7-5-9-14(16(12)24-3)26(18,19)11-27(20,21)15-10-6-8-13(23-2)17(15)25-4/h5-10H,11H2,1-4H3. The maximum Gasteiger partial charge on any atom is 0.196 e. The summed E-state index contributed by atoms with van der Waals surface area (Å²) in [5.41, 5.74) is 0. The van der Waals surface area contributed by atoms with Crippen LogP contribution >= 0.6 is 0 Å². The van der Waals surface area contributed by atoms with Crippen LogP contribution in [0.15, 0.2) is 46.2 Å². The van der Waals surface area contributed by atoms with Crippen molar-refractivity contribution in [1.82, 2.24) is 0 Å². The van der Waals surface area contributed by atoms with Gasteiger partial charge in [-0.25, -0.2) is 16.8 Å². The Morgan fingerprint density at radius 3 is 1.30 bits per heavy atom.